The molecule has 1 spiro atoms. The predicted octanol–water partition coefficient (Wildman–Crippen LogP) is 5.06. The molecule has 584 valence electrons. The highest BCUT2D eigenvalue weighted by Gasteiger charge is 2.51. The third kappa shape index (κ3) is 22.7. The predicted molar refractivity (Wildman–Crippen MR) is 377 cm³/mol. The van der Waals surface area contributed by atoms with Gasteiger partial charge in [0.25, 0.3) is 5.92 Å². The van der Waals surface area contributed by atoms with E-state index in [-0.39, 0.29) is 49.5 Å². The summed E-state index contributed by atoms with van der Waals surface area (Å²) in [5, 5.41) is 7.62. The minimum Gasteiger partial charge on any atom is -0.347 e. The number of nitrogens with zero attached hydrogens (tertiary/aromatic N) is 10. The summed E-state index contributed by atoms with van der Waals surface area (Å²) in [5.41, 5.74) is -2.85. The lowest BCUT2D eigenvalue weighted by Gasteiger charge is -2.41. The maximum Gasteiger partial charge on any atom is 0.417 e. The third-order valence-corrected chi connectivity index (χ3v) is 21.5. The quantitative estimate of drug-likeness (QED) is 0.218. The smallest absolute Gasteiger partial charge is 0.347 e. The van der Waals surface area contributed by atoms with Crippen LogP contribution in [0, 0.1) is 23.7 Å². The molecule has 2 aliphatic heterocycles. The van der Waals surface area contributed by atoms with Crippen molar-refractivity contribution in [2.75, 3.05) is 103 Å². The molecule has 2 saturated heterocycles. The number of likely N-dealkylation sites (tertiary alicyclic amines) is 1. The van der Waals surface area contributed by atoms with Gasteiger partial charge in [-0.15, -0.1) is 0 Å². The first-order valence-corrected chi connectivity index (χ1v) is 36.5. The molecule has 0 bridgehead atoms. The van der Waals surface area contributed by atoms with E-state index in [4.69, 9.17) is 11.6 Å². The Balaban J connectivity index is 1.68. The number of rotatable bonds is 13. The zero-order chi connectivity index (χ0) is 78.4. The topological polar surface area (TPSA) is 290 Å². The SMILES string of the molecule is CC[C@H](C)[C@@H]1NC(=O)[C@H](CC(C)C)N(C)C(=O)C[C@@H](C(=O)N(C)C)N(C)C(=O)[C@H](C(C)C)N(C)C(=O)C2(CCCC2)NC(=O)[C@H](CC(=O)N2CCC(F)(F)CC2)N(C)C(=O)[C@H](CCc2ccc(C(F)(F)F)c(Cl)c2)NC(=O)CN(C)C(=O)[C@H](CC2CCCCC2)N(C)C(=O)CN(C)C(=O)CN(C)C1=O. The van der Waals surface area contributed by atoms with Crippen LogP contribution in [-0.4, -0.2) is 283 Å². The molecule has 2 saturated carbocycles. The molecular formula is C72H111ClF5N13O13. The number of likely N-dealkylation sites (N-methyl/N-ethyl adjacent to an activating group) is 9. The molecule has 0 aromatic heterocycles. The molecule has 26 nitrogen and oxygen atoms in total. The van der Waals surface area contributed by atoms with Crippen LogP contribution in [0.2, 0.25) is 5.02 Å². The Bertz CT molecular complexity index is 3270. The van der Waals surface area contributed by atoms with Crippen LogP contribution in [0.1, 0.15) is 162 Å². The summed E-state index contributed by atoms with van der Waals surface area (Å²) in [5.74, 6) is -15.3. The molecule has 3 N–H and O–H groups in total. The molecule has 1 aromatic carbocycles. The standard InChI is InChI=1S/C72H111ClF5N13O13/c1-17-45(6)60-67(102)85(11)41-58(95)83(9)42-59(96)87(13)53(37-46-23-19-18-20-24-46)66(101)84(10)40-55(92)79-50(28-26-47-25-27-48(49(73)36-47)72(76,77)78)64(99)88(14)52(38-57(94)91-33-31-71(74,75)32-34-91)63(98)81-70(29-21-22-30-70)69(104)90(16)61(44(4)5)68(103)89(15)54(65(100)82(7)8)39-56(93)86(12)51(35-43(2)3)62(97)80-60/h25,27,36,43-46,50-54,60-61H,17-24,26,28-35,37-42H2,1-16H3,(H,79,92)(H,80,97)(H,81,98)/t45-,50-,51-,52-,53-,54-,60-,61-/m0/s1. The summed E-state index contributed by atoms with van der Waals surface area (Å²) in [7, 11) is 13.3. The summed E-state index contributed by atoms with van der Waals surface area (Å²) < 4.78 is 71.0. The maximum absolute atomic E-state index is 15.5. The summed E-state index contributed by atoms with van der Waals surface area (Å²) in [4.78, 5) is 203. The van der Waals surface area contributed by atoms with E-state index in [9.17, 15) is 65.1 Å². The van der Waals surface area contributed by atoms with Crippen LogP contribution in [0.4, 0.5) is 22.0 Å². The Kier molecular flexibility index (Phi) is 31.3. The molecule has 2 heterocycles. The molecule has 4 fully saturated rings. The largest absolute Gasteiger partial charge is 0.417 e. The second kappa shape index (κ2) is 37.5. The molecule has 8 atom stereocenters. The summed E-state index contributed by atoms with van der Waals surface area (Å²) in [6, 6.07) is -7.42. The van der Waals surface area contributed by atoms with Crippen molar-refractivity contribution in [3.8, 4) is 0 Å². The average Bonchev–Trinajstić information content (AvgIpc) is 1.50. The lowest BCUT2D eigenvalue weighted by Crippen LogP contribution is -2.65. The first kappa shape index (κ1) is 86.9. The molecule has 1 aromatic rings. The fourth-order valence-electron chi connectivity index (χ4n) is 14.3. The van der Waals surface area contributed by atoms with E-state index in [0.717, 1.165) is 83.7 Å². The zero-order valence-electron chi connectivity index (χ0n) is 63.4. The molecule has 104 heavy (non-hydrogen) atoms. The second-order valence-corrected chi connectivity index (χ2v) is 30.5. The number of carbonyl (C=O) groups excluding carboxylic acids is 13. The zero-order valence-corrected chi connectivity index (χ0v) is 64.1. The fraction of sp³-hybridized carbons (Fsp3) is 0.736. The Morgan fingerprint density at radius 1 is 0.644 bits per heavy atom. The lowest BCUT2D eigenvalue weighted by molar-refractivity contribution is -0.156. The van der Waals surface area contributed by atoms with E-state index in [1.54, 1.807) is 27.7 Å². The van der Waals surface area contributed by atoms with Crippen molar-refractivity contribution in [3.63, 3.8) is 0 Å². The van der Waals surface area contributed by atoms with Crippen LogP contribution in [0.5, 0.6) is 0 Å². The van der Waals surface area contributed by atoms with Gasteiger partial charge in [-0.2, -0.15) is 13.2 Å². The van der Waals surface area contributed by atoms with Gasteiger partial charge >= 0.3 is 6.18 Å². The van der Waals surface area contributed by atoms with Gasteiger partial charge in [-0.3, -0.25) is 62.3 Å². The van der Waals surface area contributed by atoms with E-state index in [2.05, 4.69) is 16.0 Å². The number of alkyl halides is 5. The van der Waals surface area contributed by atoms with Gasteiger partial charge in [0.15, 0.2) is 0 Å². The van der Waals surface area contributed by atoms with Gasteiger partial charge in [0.1, 0.15) is 47.8 Å². The first-order valence-electron chi connectivity index (χ1n) is 36.1. The van der Waals surface area contributed by atoms with Crippen LogP contribution >= 0.6 is 11.6 Å². The minimum absolute atomic E-state index is 0.0459. The van der Waals surface area contributed by atoms with E-state index in [1.165, 1.54) is 73.2 Å². The Hall–Kier alpha value is -7.73. The van der Waals surface area contributed by atoms with Crippen molar-refractivity contribution in [1.82, 2.24) is 64.9 Å². The second-order valence-electron chi connectivity index (χ2n) is 30.1. The van der Waals surface area contributed by atoms with Crippen molar-refractivity contribution in [2.45, 2.75) is 217 Å². The first-order chi connectivity index (χ1) is 48.4. The van der Waals surface area contributed by atoms with Gasteiger partial charge in [-0.25, -0.2) is 8.78 Å². The highest BCUT2D eigenvalue weighted by molar-refractivity contribution is 6.31. The molecule has 0 unspecified atom stereocenters. The van der Waals surface area contributed by atoms with E-state index in [0.29, 0.717) is 32.1 Å². The van der Waals surface area contributed by atoms with Gasteiger partial charge in [0.05, 0.1) is 43.1 Å². The normalized spacial score (nSPS) is 25.3. The maximum atomic E-state index is 15.5. The van der Waals surface area contributed by atoms with E-state index in [1.807, 2.05) is 13.8 Å². The number of amides is 13. The van der Waals surface area contributed by atoms with Crippen molar-refractivity contribution in [1.29, 1.82) is 0 Å². The minimum atomic E-state index is -4.84. The highest BCUT2D eigenvalue weighted by Crippen LogP contribution is 2.37. The molecule has 2 aliphatic carbocycles. The molecule has 13 amide bonds. The van der Waals surface area contributed by atoms with Crippen molar-refractivity contribution in [3.05, 3.63) is 34.3 Å². The number of hydrogen-bond acceptors (Lipinski definition) is 13. The van der Waals surface area contributed by atoms with Crippen molar-refractivity contribution in [2.24, 2.45) is 23.7 Å². The monoisotopic (exact) mass is 1500 g/mol. The van der Waals surface area contributed by atoms with Crippen molar-refractivity contribution < 1.29 is 84.3 Å². The van der Waals surface area contributed by atoms with E-state index >= 15 is 19.2 Å². The number of benzene rings is 1. The molecule has 4 aliphatic rings. The highest BCUT2D eigenvalue weighted by atomic mass is 35.5. The number of carbonyl (C=O) groups is 13. The Morgan fingerprint density at radius 2 is 1.22 bits per heavy atom. The molecular weight excluding hydrogens is 1390 g/mol. The van der Waals surface area contributed by atoms with Gasteiger partial charge in [0, 0.05) is 96.4 Å². The van der Waals surface area contributed by atoms with Crippen LogP contribution < -0.4 is 16.0 Å². The fourth-order valence-corrected chi connectivity index (χ4v) is 14.6. The number of halogens is 6. The van der Waals surface area contributed by atoms with Crippen LogP contribution in [0.3, 0.4) is 0 Å². The summed E-state index contributed by atoms with van der Waals surface area (Å²) >= 11 is 6.14. The van der Waals surface area contributed by atoms with E-state index < -0.39 is 224 Å². The Morgan fingerprint density at radius 3 is 1.77 bits per heavy atom. The summed E-state index contributed by atoms with van der Waals surface area (Å²) in [6.45, 7) is 7.59. The lowest BCUT2D eigenvalue weighted by atomic mass is 9.84. The Labute approximate surface area is 613 Å². The van der Waals surface area contributed by atoms with Crippen LogP contribution in [-0.2, 0) is 74.9 Å². The third-order valence-electron chi connectivity index (χ3n) is 21.2. The van der Waals surface area contributed by atoms with Gasteiger partial charge in [-0.1, -0.05) is 111 Å². The molecule has 32 heteroatoms. The van der Waals surface area contributed by atoms with Gasteiger partial charge in [-0.05, 0) is 79.9 Å². The van der Waals surface area contributed by atoms with Crippen LogP contribution in [0.25, 0.3) is 0 Å². The summed E-state index contributed by atoms with van der Waals surface area (Å²) in [6.07, 6.45) is -3.30. The van der Waals surface area contributed by atoms with Crippen molar-refractivity contribution >= 4 is 88.4 Å². The molecule has 0 radical (unpaired) electrons. The van der Waals surface area contributed by atoms with Gasteiger partial charge in [0.2, 0.25) is 76.8 Å². The number of nitrogens with one attached hydrogen (secondary N) is 3. The number of hydrogen-bond donors (Lipinski definition) is 3. The number of aryl methyl sites for hydroxylation is 1. The molecule has 5 rings (SSSR count). The number of piperidine rings is 1. The van der Waals surface area contributed by atoms with Gasteiger partial charge < -0.3 is 64.9 Å². The van der Waals surface area contributed by atoms with Crippen LogP contribution in [0.15, 0.2) is 18.2 Å². The average molecular weight is 1500 g/mol.